The van der Waals surface area contributed by atoms with Gasteiger partial charge in [-0.2, -0.15) is 18.2 Å². The molecule has 0 bridgehead atoms. The van der Waals surface area contributed by atoms with E-state index in [-0.39, 0.29) is 34.1 Å². The van der Waals surface area contributed by atoms with Crippen molar-refractivity contribution in [2.45, 2.75) is 24.8 Å². The number of carbonyl (C=O) groups is 1. The molecule has 36 heavy (non-hydrogen) atoms. The molecule has 3 aromatic carbocycles. The summed E-state index contributed by atoms with van der Waals surface area (Å²) in [5.41, 5.74) is 6.05. The minimum absolute atomic E-state index is 0.0805. The van der Waals surface area contributed by atoms with Crippen molar-refractivity contribution in [3.63, 3.8) is 0 Å². The molecular formula is C24H19ClF5N5O. The molecule has 4 rings (SSSR count). The normalized spacial score (nSPS) is 18.2. The van der Waals surface area contributed by atoms with Gasteiger partial charge in [0.05, 0.1) is 11.7 Å². The minimum Gasteiger partial charge on any atom is -0.339 e. The van der Waals surface area contributed by atoms with E-state index in [1.54, 1.807) is 12.1 Å². The highest BCUT2D eigenvalue weighted by atomic mass is 35.5. The van der Waals surface area contributed by atoms with E-state index < -0.39 is 29.6 Å². The van der Waals surface area contributed by atoms with Crippen LogP contribution in [-0.4, -0.2) is 18.0 Å². The molecule has 1 heterocycles. The third kappa shape index (κ3) is 6.56. The second kappa shape index (κ2) is 10.6. The lowest BCUT2D eigenvalue weighted by Crippen LogP contribution is -2.47. The summed E-state index contributed by atoms with van der Waals surface area (Å²) in [5.74, 6) is -1.92. The van der Waals surface area contributed by atoms with Crippen LogP contribution < -0.4 is 21.5 Å². The Bertz CT molecular complexity index is 1250. The van der Waals surface area contributed by atoms with Gasteiger partial charge in [-0.3, -0.25) is 4.79 Å². The van der Waals surface area contributed by atoms with Crippen molar-refractivity contribution in [3.8, 4) is 0 Å². The van der Waals surface area contributed by atoms with Gasteiger partial charge in [0, 0.05) is 28.7 Å². The molecule has 0 radical (unpaired) electrons. The first kappa shape index (κ1) is 25.5. The fourth-order valence-electron chi connectivity index (χ4n) is 3.56. The highest BCUT2D eigenvalue weighted by Crippen LogP contribution is 2.29. The average molecular weight is 524 g/mol. The average Bonchev–Trinajstić information content (AvgIpc) is 3.26. The van der Waals surface area contributed by atoms with Crippen LogP contribution in [-0.2, 0) is 6.18 Å². The minimum atomic E-state index is -4.54. The number of nitrogens with zero attached hydrogens (tertiary/aromatic N) is 1. The van der Waals surface area contributed by atoms with Crippen molar-refractivity contribution in [1.29, 1.82) is 0 Å². The topological polar surface area (TPSA) is 77.5 Å². The number of amides is 1. The lowest BCUT2D eigenvalue weighted by atomic mass is 10.0. The smallest absolute Gasteiger partial charge is 0.339 e. The first-order valence-electron chi connectivity index (χ1n) is 10.6. The number of anilines is 1. The molecule has 4 N–H and O–H groups in total. The Kier molecular flexibility index (Phi) is 7.53. The molecule has 3 aromatic rings. The number of benzene rings is 3. The molecule has 1 fully saturated rings. The largest absolute Gasteiger partial charge is 0.416 e. The summed E-state index contributed by atoms with van der Waals surface area (Å²) in [6.07, 6.45) is -4.57. The summed E-state index contributed by atoms with van der Waals surface area (Å²) in [4.78, 5) is 16.7. The molecule has 2 atom stereocenters. The van der Waals surface area contributed by atoms with Crippen LogP contribution in [0, 0.1) is 11.6 Å². The third-order valence-electron chi connectivity index (χ3n) is 5.28. The highest BCUT2D eigenvalue weighted by Gasteiger charge is 2.30. The van der Waals surface area contributed by atoms with Gasteiger partial charge in [0.2, 0.25) is 5.96 Å². The molecule has 188 valence electrons. The maximum Gasteiger partial charge on any atom is 0.416 e. The zero-order valence-corrected chi connectivity index (χ0v) is 19.1. The number of hydrogen-bond acceptors (Lipinski definition) is 3. The van der Waals surface area contributed by atoms with E-state index in [9.17, 15) is 26.7 Å². The van der Waals surface area contributed by atoms with E-state index in [1.165, 1.54) is 18.2 Å². The molecule has 12 heteroatoms. The summed E-state index contributed by atoms with van der Waals surface area (Å²) in [6, 6.07) is 13.0. The third-order valence-corrected chi connectivity index (χ3v) is 5.50. The van der Waals surface area contributed by atoms with Crippen molar-refractivity contribution in [1.82, 2.24) is 16.2 Å². The van der Waals surface area contributed by atoms with Gasteiger partial charge in [-0.15, -0.1) is 0 Å². The highest BCUT2D eigenvalue weighted by molar-refractivity contribution is 6.31. The van der Waals surface area contributed by atoms with Crippen molar-refractivity contribution in [2.75, 3.05) is 5.32 Å². The predicted molar refractivity (Wildman–Crippen MR) is 125 cm³/mol. The molecular weight excluding hydrogens is 505 g/mol. The first-order chi connectivity index (χ1) is 17.1. The van der Waals surface area contributed by atoms with E-state index in [2.05, 4.69) is 26.5 Å². The molecule has 0 aromatic heterocycles. The predicted octanol–water partition coefficient (Wildman–Crippen LogP) is 5.40. The van der Waals surface area contributed by atoms with Crippen molar-refractivity contribution < 1.29 is 26.7 Å². The number of alkyl halides is 3. The quantitative estimate of drug-likeness (QED) is 0.209. The van der Waals surface area contributed by atoms with Crippen molar-refractivity contribution in [2.24, 2.45) is 4.99 Å². The Morgan fingerprint density at radius 2 is 1.64 bits per heavy atom. The van der Waals surface area contributed by atoms with Crippen molar-refractivity contribution >= 4 is 29.2 Å². The Hall–Kier alpha value is -3.54. The van der Waals surface area contributed by atoms with Crippen LogP contribution >= 0.6 is 11.6 Å². The van der Waals surface area contributed by atoms with E-state index in [1.807, 2.05) is 0 Å². The van der Waals surface area contributed by atoms with Gasteiger partial charge >= 0.3 is 6.18 Å². The number of halogens is 6. The van der Waals surface area contributed by atoms with Crippen LogP contribution in [0.2, 0.25) is 5.02 Å². The fourth-order valence-corrected chi connectivity index (χ4v) is 3.78. The Morgan fingerprint density at radius 1 is 0.944 bits per heavy atom. The number of aliphatic imine (C=N–C) groups is 1. The molecule has 2 unspecified atom stereocenters. The standard InChI is InChI=1S/C24H19ClF5N5O/c25-16-9-18(27)11-19(10-16)31-23(33-22(36)14-1-5-15(6-2-14)24(28,29)30)32-21-12-20(34-35-21)13-3-7-17(26)8-4-13/h1-11,20-21,34-35H,12H2,(H2,31,32,33,36). The molecule has 1 saturated heterocycles. The van der Waals surface area contributed by atoms with Crippen molar-refractivity contribution in [3.05, 3.63) is 100 Å². The zero-order chi connectivity index (χ0) is 25.9. The fraction of sp³-hybridized carbons (Fsp3) is 0.167. The van der Waals surface area contributed by atoms with Crippen LogP contribution in [0.25, 0.3) is 0 Å². The second-order valence-corrected chi connectivity index (χ2v) is 8.39. The maximum atomic E-state index is 13.8. The Morgan fingerprint density at radius 3 is 2.28 bits per heavy atom. The SMILES string of the molecule is O=C(/N=C(/Nc1cc(F)cc(Cl)c1)NC1CC(c2ccc(F)cc2)NN1)c1ccc(C(F)(F)F)cc1. The van der Waals surface area contributed by atoms with Crippen LogP contribution in [0.5, 0.6) is 0 Å². The van der Waals surface area contributed by atoms with E-state index in [0.29, 0.717) is 6.42 Å². The molecule has 1 amide bonds. The number of rotatable bonds is 4. The van der Waals surface area contributed by atoms with E-state index >= 15 is 0 Å². The van der Waals surface area contributed by atoms with E-state index in [4.69, 9.17) is 11.6 Å². The molecule has 6 nitrogen and oxygen atoms in total. The van der Waals surface area contributed by atoms with Gasteiger partial charge in [0.1, 0.15) is 11.6 Å². The number of carbonyl (C=O) groups excluding carboxylic acids is 1. The number of hydrogen-bond donors (Lipinski definition) is 4. The molecule has 0 saturated carbocycles. The molecule has 1 aliphatic rings. The van der Waals surface area contributed by atoms with E-state index in [0.717, 1.165) is 42.0 Å². The molecule has 1 aliphatic heterocycles. The van der Waals surface area contributed by atoms with Gasteiger partial charge < -0.3 is 10.6 Å². The lowest BCUT2D eigenvalue weighted by molar-refractivity contribution is -0.137. The van der Waals surface area contributed by atoms with Gasteiger partial charge in [0.25, 0.3) is 5.91 Å². The summed E-state index contributed by atoms with van der Waals surface area (Å²) in [7, 11) is 0. The number of nitrogens with one attached hydrogen (secondary N) is 4. The summed E-state index contributed by atoms with van der Waals surface area (Å²) >= 11 is 5.91. The lowest BCUT2D eigenvalue weighted by Gasteiger charge is -2.17. The van der Waals surface area contributed by atoms with Crippen LogP contribution in [0.15, 0.2) is 71.7 Å². The Balaban J connectivity index is 1.54. The maximum absolute atomic E-state index is 13.8. The molecule has 0 aliphatic carbocycles. The van der Waals surface area contributed by atoms with Crippen LogP contribution in [0.3, 0.4) is 0 Å². The summed E-state index contributed by atoms with van der Waals surface area (Å²) < 4.78 is 65.6. The molecule has 0 spiro atoms. The van der Waals surface area contributed by atoms with Gasteiger partial charge in [0.15, 0.2) is 0 Å². The van der Waals surface area contributed by atoms with Crippen LogP contribution in [0.4, 0.5) is 27.6 Å². The second-order valence-electron chi connectivity index (χ2n) is 7.95. The number of hydrazine groups is 1. The number of guanidine groups is 1. The zero-order valence-electron chi connectivity index (χ0n) is 18.3. The van der Waals surface area contributed by atoms with Gasteiger partial charge in [-0.1, -0.05) is 23.7 Å². The summed E-state index contributed by atoms with van der Waals surface area (Å²) in [5, 5.41) is 5.86. The Labute approximate surface area is 207 Å². The van der Waals surface area contributed by atoms with Gasteiger partial charge in [-0.25, -0.2) is 19.6 Å². The first-order valence-corrected chi connectivity index (χ1v) is 11.0. The van der Waals surface area contributed by atoms with Crippen LogP contribution in [0.1, 0.15) is 33.9 Å². The monoisotopic (exact) mass is 523 g/mol. The summed E-state index contributed by atoms with van der Waals surface area (Å²) in [6.45, 7) is 0. The van der Waals surface area contributed by atoms with Gasteiger partial charge in [-0.05, 0) is 60.2 Å².